The number of aliphatic hydroxyl groups excluding tert-OH is 1. The fourth-order valence-electron chi connectivity index (χ4n) is 8.65. The molecule has 0 aliphatic carbocycles. The molecular weight excluding hydrogens is 658 g/mol. The Bertz CT molecular complexity index is 1580. The van der Waals surface area contributed by atoms with Crippen molar-refractivity contribution >= 4 is 23.7 Å². The number of hydrogen-bond acceptors (Lipinski definition) is 7. The fraction of sp³-hybridized carbons (Fsp3) is 0.524. The Morgan fingerprint density at radius 3 is 2.37 bits per heavy atom. The van der Waals surface area contributed by atoms with Gasteiger partial charge < -0.3 is 29.3 Å². The maximum atomic E-state index is 14.9. The minimum Gasteiger partial charge on any atom is -0.455 e. The second-order valence-corrected chi connectivity index (χ2v) is 14.6. The highest BCUT2D eigenvalue weighted by atomic mass is 16.6. The van der Waals surface area contributed by atoms with Crippen LogP contribution in [-0.2, 0) is 35.1 Å². The monoisotopic (exact) mass is 713 g/mol. The summed E-state index contributed by atoms with van der Waals surface area (Å²) in [6, 6.07) is 16.4. The van der Waals surface area contributed by atoms with E-state index in [4.69, 9.17) is 9.47 Å². The number of benzene rings is 2. The van der Waals surface area contributed by atoms with Crippen molar-refractivity contribution in [2.75, 3.05) is 20.2 Å². The van der Waals surface area contributed by atoms with Crippen molar-refractivity contribution < 1.29 is 33.8 Å². The summed E-state index contributed by atoms with van der Waals surface area (Å²) in [5.41, 5.74) is 0.347. The van der Waals surface area contributed by atoms with Gasteiger partial charge in [-0.1, -0.05) is 86.2 Å². The van der Waals surface area contributed by atoms with Crippen LogP contribution in [0.3, 0.4) is 0 Å². The van der Waals surface area contributed by atoms with Gasteiger partial charge in [0, 0.05) is 26.1 Å². The molecule has 3 amide bonds. The van der Waals surface area contributed by atoms with Crippen molar-refractivity contribution in [3.05, 3.63) is 97.1 Å². The number of nitrogens with zero attached hydrogens (tertiary/aromatic N) is 3. The molecule has 1 unspecified atom stereocenters. The first-order chi connectivity index (χ1) is 25.0. The molecule has 1 N–H and O–H groups in total. The Morgan fingerprint density at radius 2 is 1.75 bits per heavy atom. The summed E-state index contributed by atoms with van der Waals surface area (Å²) in [5.74, 6) is -3.32. The van der Waals surface area contributed by atoms with Crippen LogP contribution in [0.4, 0.5) is 0 Å². The summed E-state index contributed by atoms with van der Waals surface area (Å²) in [5, 5.41) is 10.9. The Kier molecular flexibility index (Phi) is 12.8. The van der Waals surface area contributed by atoms with Gasteiger partial charge in [-0.05, 0) is 57.1 Å². The molecule has 9 atom stereocenters. The summed E-state index contributed by atoms with van der Waals surface area (Å²) in [6.45, 7) is 13.4. The molecule has 5 rings (SSSR count). The summed E-state index contributed by atoms with van der Waals surface area (Å²) in [6.07, 6.45) is 5.55. The Labute approximate surface area is 308 Å². The third-order valence-electron chi connectivity index (χ3n) is 11.4. The summed E-state index contributed by atoms with van der Waals surface area (Å²) in [7, 11) is 1.69. The van der Waals surface area contributed by atoms with E-state index in [-0.39, 0.29) is 43.3 Å². The predicted octanol–water partition coefficient (Wildman–Crippen LogP) is 5.27. The van der Waals surface area contributed by atoms with Crippen LogP contribution < -0.4 is 0 Å². The molecule has 3 aliphatic rings. The molecule has 0 saturated carbocycles. The number of esters is 1. The average molecular weight is 714 g/mol. The van der Waals surface area contributed by atoms with Crippen molar-refractivity contribution in [1.29, 1.82) is 0 Å². The van der Waals surface area contributed by atoms with Crippen molar-refractivity contribution in [2.45, 2.75) is 108 Å². The maximum absolute atomic E-state index is 14.9. The van der Waals surface area contributed by atoms with E-state index in [9.17, 15) is 24.3 Å². The van der Waals surface area contributed by atoms with Crippen LogP contribution in [0.1, 0.15) is 76.5 Å². The van der Waals surface area contributed by atoms with Crippen molar-refractivity contribution in [1.82, 2.24) is 14.7 Å². The first kappa shape index (κ1) is 38.9. The second kappa shape index (κ2) is 17.0. The third kappa shape index (κ3) is 7.46. The van der Waals surface area contributed by atoms with E-state index in [0.717, 1.165) is 18.4 Å². The van der Waals surface area contributed by atoms with Gasteiger partial charge in [-0.15, -0.1) is 13.2 Å². The van der Waals surface area contributed by atoms with E-state index in [1.165, 1.54) is 4.90 Å². The van der Waals surface area contributed by atoms with Crippen molar-refractivity contribution in [2.24, 2.45) is 11.8 Å². The molecule has 10 nitrogen and oxygen atoms in total. The van der Waals surface area contributed by atoms with Gasteiger partial charge in [-0.3, -0.25) is 19.2 Å². The molecule has 3 heterocycles. The number of ether oxygens (including phenoxy) is 2. The summed E-state index contributed by atoms with van der Waals surface area (Å²) >= 11 is 0. The number of rotatable bonds is 18. The zero-order chi connectivity index (χ0) is 37.6. The maximum Gasteiger partial charge on any atom is 0.313 e. The highest BCUT2D eigenvalue weighted by molar-refractivity contribution is 5.98. The van der Waals surface area contributed by atoms with E-state index in [0.29, 0.717) is 31.2 Å². The standard InChI is InChI=1S/C42H55N3O7/c1-7-10-22-34(47)43(6)29(5)37(31-20-15-12-16-21-31)51-41(50)35-33-23-24-42(52-33)36(35)39(48)45(32(27-46)26-30-18-13-11-14-19-30)38(42)40(49)44(25-9-3)28(4)17-8-2/h7,9,11-16,18-21,28-29,32-33,35-38,46H,1,3,8,10,17,22-27H2,2,4-6H3/t28?,29-,32+,33+,35-,36-,37+,38+,42-/m0/s1. The predicted molar refractivity (Wildman–Crippen MR) is 199 cm³/mol. The molecule has 3 fully saturated rings. The van der Waals surface area contributed by atoms with Gasteiger partial charge >= 0.3 is 5.97 Å². The van der Waals surface area contributed by atoms with Gasteiger partial charge in [0.15, 0.2) is 0 Å². The van der Waals surface area contributed by atoms with E-state index >= 15 is 0 Å². The second-order valence-electron chi connectivity index (χ2n) is 14.6. The number of aliphatic hydroxyl groups is 1. The lowest BCUT2D eigenvalue weighted by Gasteiger charge is -2.41. The zero-order valence-corrected chi connectivity index (χ0v) is 31.1. The minimum atomic E-state index is -1.27. The van der Waals surface area contributed by atoms with Gasteiger partial charge in [-0.25, -0.2) is 0 Å². The van der Waals surface area contributed by atoms with Gasteiger partial charge in [0.2, 0.25) is 17.7 Å². The molecular formula is C42H55N3O7. The highest BCUT2D eigenvalue weighted by Gasteiger charge is 2.75. The lowest BCUT2D eigenvalue weighted by atomic mass is 9.70. The molecule has 0 aromatic heterocycles. The quantitative estimate of drug-likeness (QED) is 0.165. The number of hydrogen-bond donors (Lipinski definition) is 1. The molecule has 10 heteroatoms. The molecule has 2 aromatic rings. The molecule has 52 heavy (non-hydrogen) atoms. The Morgan fingerprint density at radius 1 is 1.08 bits per heavy atom. The van der Waals surface area contributed by atoms with Crippen molar-refractivity contribution in [3.8, 4) is 0 Å². The molecule has 0 radical (unpaired) electrons. The first-order valence-corrected chi connectivity index (χ1v) is 18.7. The molecule has 280 valence electrons. The smallest absolute Gasteiger partial charge is 0.313 e. The topological polar surface area (TPSA) is 117 Å². The summed E-state index contributed by atoms with van der Waals surface area (Å²) < 4.78 is 13.1. The number of fused-ring (bicyclic) bond motifs is 1. The van der Waals surface area contributed by atoms with Gasteiger partial charge in [0.25, 0.3) is 0 Å². The number of likely N-dealkylation sites (tertiary alicyclic amines) is 1. The zero-order valence-electron chi connectivity index (χ0n) is 31.1. The molecule has 3 aliphatic heterocycles. The van der Waals surface area contributed by atoms with Crippen LogP contribution in [-0.4, -0.2) is 99.6 Å². The molecule has 2 aromatic carbocycles. The van der Waals surface area contributed by atoms with E-state index in [1.807, 2.05) is 74.5 Å². The molecule has 3 saturated heterocycles. The fourth-order valence-corrected chi connectivity index (χ4v) is 8.65. The van der Waals surface area contributed by atoms with Crippen LogP contribution in [0, 0.1) is 11.8 Å². The van der Waals surface area contributed by atoms with Crippen LogP contribution in [0.15, 0.2) is 86.0 Å². The average Bonchev–Trinajstić information content (AvgIpc) is 3.81. The first-order valence-electron chi connectivity index (χ1n) is 18.7. The Balaban J connectivity index is 1.53. The van der Waals surface area contributed by atoms with E-state index in [1.54, 1.807) is 29.0 Å². The van der Waals surface area contributed by atoms with Crippen LogP contribution in [0.5, 0.6) is 0 Å². The lowest BCUT2D eigenvalue weighted by Crippen LogP contribution is -2.60. The van der Waals surface area contributed by atoms with Crippen LogP contribution in [0.2, 0.25) is 0 Å². The van der Waals surface area contributed by atoms with Crippen LogP contribution >= 0.6 is 0 Å². The van der Waals surface area contributed by atoms with Crippen LogP contribution in [0.25, 0.3) is 0 Å². The number of allylic oxidation sites excluding steroid dienone is 1. The normalized spacial score (nSPS) is 25.5. The highest BCUT2D eigenvalue weighted by Crippen LogP contribution is 2.59. The minimum absolute atomic E-state index is 0.107. The van der Waals surface area contributed by atoms with Gasteiger partial charge in [0.1, 0.15) is 17.7 Å². The van der Waals surface area contributed by atoms with Gasteiger partial charge in [0.05, 0.1) is 36.6 Å². The van der Waals surface area contributed by atoms with Gasteiger partial charge in [-0.2, -0.15) is 0 Å². The largest absolute Gasteiger partial charge is 0.455 e. The number of carbonyl (C=O) groups is 4. The number of carbonyl (C=O) groups excluding carboxylic acids is 4. The van der Waals surface area contributed by atoms with Crippen molar-refractivity contribution in [3.63, 3.8) is 0 Å². The number of likely N-dealkylation sites (N-methyl/N-ethyl adjacent to an activating group) is 1. The molecule has 2 bridgehead atoms. The summed E-state index contributed by atoms with van der Waals surface area (Å²) in [4.78, 5) is 62.4. The van der Waals surface area contributed by atoms with E-state index in [2.05, 4.69) is 20.1 Å². The molecule has 1 spiro atoms. The lowest BCUT2D eigenvalue weighted by molar-refractivity contribution is -0.165. The third-order valence-corrected chi connectivity index (χ3v) is 11.4. The Hall–Kier alpha value is -4.28. The number of amides is 3. The van der Waals surface area contributed by atoms with E-state index < -0.39 is 53.7 Å². The SMILES string of the molecule is C=CCCC(=O)N(C)[C@@H](C)[C@@H](OC(=O)[C@@H]1[C@H]2C(=O)N([C@@H](CO)Cc3ccccc3)[C@H](C(=O)N(CC=C)C(C)CCC)[C@]23CC[C@H]1O3)c1ccccc1.